The molecular weight excluding hydrogens is 330 g/mol. The summed E-state index contributed by atoms with van der Waals surface area (Å²) in [5.41, 5.74) is 1.27. The van der Waals surface area contributed by atoms with Crippen molar-refractivity contribution in [2.24, 2.45) is 0 Å². The van der Waals surface area contributed by atoms with Crippen LogP contribution in [0.3, 0.4) is 0 Å². The van der Waals surface area contributed by atoms with Crippen LogP contribution in [0, 0.1) is 0 Å². The Morgan fingerprint density at radius 3 is 2.22 bits per heavy atom. The zero-order valence-corrected chi connectivity index (χ0v) is 13.2. The van der Waals surface area contributed by atoms with Crippen LogP contribution in [0.1, 0.15) is 24.0 Å². The third kappa shape index (κ3) is 5.22. The molecule has 23 heavy (non-hydrogen) atoms. The van der Waals surface area contributed by atoms with Crippen LogP contribution in [-0.4, -0.2) is 42.8 Å². The third-order valence-electron chi connectivity index (χ3n) is 3.63. The molecule has 1 aliphatic heterocycles. The summed E-state index contributed by atoms with van der Waals surface area (Å²) >= 11 is 0. The summed E-state index contributed by atoms with van der Waals surface area (Å²) in [7, 11) is -3.80. The fraction of sp³-hybridized carbons (Fsp3) is 0.500. The molecular formula is C14H18F2N2O4S. The number of nitrogens with one attached hydrogen (secondary N) is 1. The molecule has 1 aliphatic rings. The third-order valence-corrected chi connectivity index (χ3v) is 5.18. The van der Waals surface area contributed by atoms with Crippen molar-refractivity contribution in [1.29, 1.82) is 0 Å². The first-order valence-electron chi connectivity index (χ1n) is 7.10. The van der Waals surface area contributed by atoms with Crippen LogP contribution in [0.4, 0.5) is 8.78 Å². The molecule has 0 saturated carbocycles. The van der Waals surface area contributed by atoms with Crippen LogP contribution in [-0.2, 0) is 28.0 Å². The highest BCUT2D eigenvalue weighted by Crippen LogP contribution is 2.28. The number of alkyl halides is 2. The van der Waals surface area contributed by atoms with Crippen LogP contribution in [0.2, 0.25) is 0 Å². The largest absolute Gasteiger partial charge is 0.481 e. The number of carboxylic acids is 1. The number of carbonyl (C=O) groups is 1. The van der Waals surface area contributed by atoms with E-state index in [1.807, 2.05) is 0 Å². The van der Waals surface area contributed by atoms with E-state index in [4.69, 9.17) is 5.11 Å². The molecule has 0 atom stereocenters. The average molecular weight is 348 g/mol. The fourth-order valence-corrected chi connectivity index (χ4v) is 3.46. The monoisotopic (exact) mass is 348 g/mol. The van der Waals surface area contributed by atoms with Gasteiger partial charge >= 0.3 is 5.97 Å². The first-order chi connectivity index (χ1) is 10.7. The Morgan fingerprint density at radius 2 is 1.70 bits per heavy atom. The number of carboxylic acid groups (broad SMARTS) is 1. The molecule has 0 bridgehead atoms. The van der Waals surface area contributed by atoms with E-state index in [1.165, 1.54) is 0 Å². The second-order valence-corrected chi connectivity index (χ2v) is 7.22. The second kappa shape index (κ2) is 6.90. The average Bonchev–Trinajstić information content (AvgIpc) is 2.45. The quantitative estimate of drug-likeness (QED) is 0.813. The Hall–Kier alpha value is -1.58. The number of halogens is 2. The molecule has 128 valence electrons. The van der Waals surface area contributed by atoms with Crippen molar-refractivity contribution >= 4 is 16.2 Å². The Bertz CT molecular complexity index is 652. The maximum Gasteiger partial charge on any atom is 0.307 e. The normalized spacial score (nSPS) is 18.7. The molecule has 9 heteroatoms. The van der Waals surface area contributed by atoms with Crippen molar-refractivity contribution in [2.75, 3.05) is 13.1 Å². The highest BCUT2D eigenvalue weighted by molar-refractivity contribution is 7.87. The first kappa shape index (κ1) is 17.8. The van der Waals surface area contributed by atoms with Crippen molar-refractivity contribution in [3.05, 3.63) is 35.4 Å². The van der Waals surface area contributed by atoms with Crippen molar-refractivity contribution < 1.29 is 27.1 Å². The van der Waals surface area contributed by atoms with Crippen LogP contribution < -0.4 is 4.72 Å². The SMILES string of the molecule is O=C(O)Cc1ccc(CNS(=O)(=O)N2CCC(F)(F)CC2)cc1. The van der Waals surface area contributed by atoms with Gasteiger partial charge in [-0.1, -0.05) is 24.3 Å². The number of hydrogen-bond acceptors (Lipinski definition) is 3. The van der Waals surface area contributed by atoms with Gasteiger partial charge in [-0.25, -0.2) is 8.78 Å². The van der Waals surface area contributed by atoms with Crippen molar-refractivity contribution in [1.82, 2.24) is 9.03 Å². The Kier molecular flexibility index (Phi) is 5.33. The van der Waals surface area contributed by atoms with Gasteiger partial charge in [0.15, 0.2) is 0 Å². The fourth-order valence-electron chi connectivity index (χ4n) is 2.27. The lowest BCUT2D eigenvalue weighted by Crippen LogP contribution is -2.47. The van der Waals surface area contributed by atoms with E-state index in [2.05, 4.69) is 4.72 Å². The minimum atomic E-state index is -3.80. The summed E-state index contributed by atoms with van der Waals surface area (Å²) in [5.74, 6) is -3.74. The first-order valence-corrected chi connectivity index (χ1v) is 8.54. The number of nitrogens with zero attached hydrogens (tertiary/aromatic N) is 1. The maximum atomic E-state index is 13.1. The summed E-state index contributed by atoms with van der Waals surface area (Å²) in [6.45, 7) is -0.400. The van der Waals surface area contributed by atoms with E-state index in [-0.39, 0.29) is 26.1 Å². The lowest BCUT2D eigenvalue weighted by molar-refractivity contribution is -0.136. The number of piperidine rings is 1. The summed E-state index contributed by atoms with van der Waals surface area (Å²) in [5, 5.41) is 8.68. The summed E-state index contributed by atoms with van der Waals surface area (Å²) in [6.07, 6.45) is -1.05. The van der Waals surface area contributed by atoms with Gasteiger partial charge in [-0.15, -0.1) is 0 Å². The summed E-state index contributed by atoms with van der Waals surface area (Å²) in [6, 6.07) is 6.48. The lowest BCUT2D eigenvalue weighted by atomic mass is 10.1. The van der Waals surface area contributed by atoms with E-state index in [0.717, 1.165) is 4.31 Å². The number of aliphatic carboxylic acids is 1. The molecule has 1 heterocycles. The maximum absolute atomic E-state index is 13.1. The van der Waals surface area contributed by atoms with E-state index in [0.29, 0.717) is 11.1 Å². The Labute approximate surface area is 133 Å². The molecule has 1 fully saturated rings. The van der Waals surface area contributed by atoms with Gasteiger partial charge in [0.1, 0.15) is 0 Å². The zero-order chi connectivity index (χ0) is 17.1. The molecule has 0 unspecified atom stereocenters. The minimum Gasteiger partial charge on any atom is -0.481 e. The van der Waals surface area contributed by atoms with Gasteiger partial charge in [0.2, 0.25) is 0 Å². The van der Waals surface area contributed by atoms with Crippen LogP contribution in [0.5, 0.6) is 0 Å². The van der Waals surface area contributed by atoms with E-state index >= 15 is 0 Å². The highest BCUT2D eigenvalue weighted by atomic mass is 32.2. The Balaban J connectivity index is 1.90. The van der Waals surface area contributed by atoms with Gasteiger partial charge in [0.05, 0.1) is 6.42 Å². The van der Waals surface area contributed by atoms with Gasteiger partial charge in [-0.3, -0.25) is 4.79 Å². The van der Waals surface area contributed by atoms with Crippen molar-refractivity contribution in [3.8, 4) is 0 Å². The number of benzene rings is 1. The molecule has 1 aromatic carbocycles. The van der Waals surface area contributed by atoms with E-state index < -0.39 is 34.9 Å². The standard InChI is InChI=1S/C14H18F2N2O4S/c15-14(16)5-7-18(8-6-14)23(21,22)17-10-12-3-1-11(2-4-12)9-13(19)20/h1-4,17H,5-10H2,(H,19,20). The van der Waals surface area contributed by atoms with Gasteiger partial charge in [0.25, 0.3) is 16.1 Å². The number of rotatable bonds is 6. The van der Waals surface area contributed by atoms with Gasteiger partial charge in [-0.05, 0) is 11.1 Å². The minimum absolute atomic E-state index is 0.0164. The van der Waals surface area contributed by atoms with Crippen LogP contribution in [0.25, 0.3) is 0 Å². The molecule has 0 radical (unpaired) electrons. The van der Waals surface area contributed by atoms with Crippen molar-refractivity contribution in [2.45, 2.75) is 31.7 Å². The van der Waals surface area contributed by atoms with E-state index in [1.54, 1.807) is 24.3 Å². The molecule has 2 N–H and O–H groups in total. The predicted octanol–water partition coefficient (Wildman–Crippen LogP) is 1.38. The molecule has 0 aliphatic carbocycles. The Morgan fingerprint density at radius 1 is 1.17 bits per heavy atom. The van der Waals surface area contributed by atoms with Crippen molar-refractivity contribution in [3.63, 3.8) is 0 Å². The zero-order valence-electron chi connectivity index (χ0n) is 12.3. The predicted molar refractivity (Wildman–Crippen MR) is 79.3 cm³/mol. The number of hydrogen-bond donors (Lipinski definition) is 2. The summed E-state index contributed by atoms with van der Waals surface area (Å²) < 4.78 is 53.7. The van der Waals surface area contributed by atoms with Gasteiger partial charge in [0, 0.05) is 32.5 Å². The smallest absolute Gasteiger partial charge is 0.307 e. The summed E-state index contributed by atoms with van der Waals surface area (Å²) in [4.78, 5) is 10.6. The lowest BCUT2D eigenvalue weighted by Gasteiger charge is -2.30. The highest BCUT2D eigenvalue weighted by Gasteiger charge is 2.37. The van der Waals surface area contributed by atoms with Gasteiger partial charge < -0.3 is 5.11 Å². The molecule has 6 nitrogen and oxygen atoms in total. The molecule has 0 aromatic heterocycles. The molecule has 0 spiro atoms. The molecule has 0 amide bonds. The molecule has 1 saturated heterocycles. The molecule has 1 aromatic rings. The second-order valence-electron chi connectivity index (χ2n) is 5.47. The van der Waals surface area contributed by atoms with E-state index in [9.17, 15) is 22.0 Å². The van der Waals surface area contributed by atoms with Crippen LogP contribution in [0.15, 0.2) is 24.3 Å². The molecule has 2 rings (SSSR count). The van der Waals surface area contributed by atoms with Crippen LogP contribution >= 0.6 is 0 Å². The van der Waals surface area contributed by atoms with Gasteiger partial charge in [-0.2, -0.15) is 17.4 Å². The topological polar surface area (TPSA) is 86.7 Å².